The van der Waals surface area contributed by atoms with Crippen LogP contribution in [-0.2, 0) is 16.0 Å². The molecule has 32 heavy (non-hydrogen) atoms. The van der Waals surface area contributed by atoms with Gasteiger partial charge in [-0.25, -0.2) is 4.90 Å². The molecule has 1 N–H and O–H groups in total. The standard InChI is InChI=1S/C25H21ClN2O3S/c1-3-16-8-12-18(13-9-16)28-24(29)22(27-20-6-4-5-7-21(20)31-2)23(25(28)30)32-19-14-10-17(26)11-15-19/h4-15,27H,3H2,1-2H3. The molecular formula is C25H21ClN2O3S. The van der Waals surface area contributed by atoms with Gasteiger partial charge in [0.05, 0.1) is 18.5 Å². The number of methoxy groups -OCH3 is 1. The van der Waals surface area contributed by atoms with Gasteiger partial charge in [0.2, 0.25) is 0 Å². The number of thioether (sulfide) groups is 1. The molecule has 1 aliphatic rings. The van der Waals surface area contributed by atoms with Crippen molar-refractivity contribution >= 4 is 46.6 Å². The van der Waals surface area contributed by atoms with E-state index in [-0.39, 0.29) is 11.6 Å². The molecule has 0 spiro atoms. The van der Waals surface area contributed by atoms with Crippen LogP contribution in [0.1, 0.15) is 12.5 Å². The predicted octanol–water partition coefficient (Wildman–Crippen LogP) is 5.90. The lowest BCUT2D eigenvalue weighted by atomic mass is 10.1. The van der Waals surface area contributed by atoms with Crippen molar-refractivity contribution in [2.24, 2.45) is 0 Å². The summed E-state index contributed by atoms with van der Waals surface area (Å²) in [5, 5.41) is 3.74. The first kappa shape index (κ1) is 22.0. The van der Waals surface area contributed by atoms with E-state index in [1.807, 2.05) is 36.4 Å². The van der Waals surface area contributed by atoms with Gasteiger partial charge in [-0.2, -0.15) is 0 Å². The van der Waals surface area contributed by atoms with Crippen molar-refractivity contribution < 1.29 is 14.3 Å². The largest absolute Gasteiger partial charge is 0.495 e. The van der Waals surface area contributed by atoms with Crippen LogP contribution in [0.5, 0.6) is 5.75 Å². The number of nitrogens with one attached hydrogen (secondary N) is 1. The van der Waals surface area contributed by atoms with Gasteiger partial charge in [0.25, 0.3) is 11.8 Å². The smallest absolute Gasteiger partial charge is 0.283 e. The van der Waals surface area contributed by atoms with Gasteiger partial charge in [0, 0.05) is 9.92 Å². The summed E-state index contributed by atoms with van der Waals surface area (Å²) in [5.41, 5.74) is 2.47. The van der Waals surface area contributed by atoms with Crippen LogP contribution in [0.3, 0.4) is 0 Å². The van der Waals surface area contributed by atoms with Crippen molar-refractivity contribution in [3.05, 3.63) is 94.0 Å². The molecule has 3 aromatic rings. The van der Waals surface area contributed by atoms with Gasteiger partial charge < -0.3 is 10.1 Å². The van der Waals surface area contributed by atoms with Crippen LogP contribution in [0, 0.1) is 0 Å². The van der Waals surface area contributed by atoms with E-state index >= 15 is 0 Å². The minimum atomic E-state index is -0.415. The van der Waals surface area contributed by atoms with Crippen LogP contribution < -0.4 is 15.0 Å². The third kappa shape index (κ3) is 4.38. The van der Waals surface area contributed by atoms with Crippen molar-refractivity contribution in [1.82, 2.24) is 0 Å². The van der Waals surface area contributed by atoms with Gasteiger partial charge in [-0.15, -0.1) is 0 Å². The fourth-order valence-electron chi connectivity index (χ4n) is 3.33. The molecule has 1 heterocycles. The molecule has 0 atom stereocenters. The Balaban J connectivity index is 1.74. The maximum Gasteiger partial charge on any atom is 0.283 e. The van der Waals surface area contributed by atoms with Crippen LogP contribution in [0.4, 0.5) is 11.4 Å². The second-order valence-corrected chi connectivity index (χ2v) is 8.57. The molecule has 0 fully saturated rings. The number of ether oxygens (including phenoxy) is 1. The number of anilines is 2. The van der Waals surface area contributed by atoms with Crippen LogP contribution in [-0.4, -0.2) is 18.9 Å². The number of aryl methyl sites for hydroxylation is 1. The van der Waals surface area contributed by atoms with Gasteiger partial charge in [-0.3, -0.25) is 9.59 Å². The molecule has 7 heteroatoms. The summed E-state index contributed by atoms with van der Waals surface area (Å²) in [4.78, 5) is 29.2. The lowest BCUT2D eigenvalue weighted by Gasteiger charge is -2.16. The monoisotopic (exact) mass is 464 g/mol. The first-order valence-corrected chi connectivity index (χ1v) is 11.3. The van der Waals surface area contributed by atoms with E-state index in [0.29, 0.717) is 27.1 Å². The van der Waals surface area contributed by atoms with E-state index in [0.717, 1.165) is 16.9 Å². The Bertz CT molecular complexity index is 1190. The Hall–Kier alpha value is -3.22. The molecule has 162 valence electrons. The van der Waals surface area contributed by atoms with E-state index in [1.54, 1.807) is 43.5 Å². The summed E-state index contributed by atoms with van der Waals surface area (Å²) in [6, 6.07) is 21.8. The first-order chi connectivity index (χ1) is 15.5. The summed E-state index contributed by atoms with van der Waals surface area (Å²) in [7, 11) is 1.56. The summed E-state index contributed by atoms with van der Waals surface area (Å²) < 4.78 is 5.41. The third-order valence-electron chi connectivity index (χ3n) is 5.04. The number of nitrogens with zero attached hydrogens (tertiary/aromatic N) is 1. The molecule has 0 saturated carbocycles. The average molecular weight is 465 g/mol. The molecular weight excluding hydrogens is 444 g/mol. The second-order valence-electron chi connectivity index (χ2n) is 7.05. The number of amides is 2. The molecule has 5 nitrogen and oxygen atoms in total. The number of carbonyl (C=O) groups is 2. The Morgan fingerprint density at radius 3 is 2.28 bits per heavy atom. The molecule has 0 radical (unpaired) electrons. The highest BCUT2D eigenvalue weighted by Gasteiger charge is 2.40. The number of benzene rings is 3. The Morgan fingerprint density at radius 2 is 1.62 bits per heavy atom. The zero-order valence-electron chi connectivity index (χ0n) is 17.6. The van der Waals surface area contributed by atoms with Gasteiger partial charge in [-0.05, 0) is 60.5 Å². The van der Waals surface area contributed by atoms with Crippen molar-refractivity contribution in [3.8, 4) is 5.75 Å². The van der Waals surface area contributed by atoms with Crippen LogP contribution in [0.2, 0.25) is 5.02 Å². The average Bonchev–Trinajstić information content (AvgIpc) is 3.05. The van der Waals surface area contributed by atoms with Gasteiger partial charge in [-0.1, -0.05) is 54.6 Å². The predicted molar refractivity (Wildman–Crippen MR) is 129 cm³/mol. The second kappa shape index (κ2) is 9.51. The van der Waals surface area contributed by atoms with Crippen molar-refractivity contribution in [2.45, 2.75) is 18.2 Å². The molecule has 0 aliphatic carbocycles. The lowest BCUT2D eigenvalue weighted by Crippen LogP contribution is -2.32. The van der Waals surface area contributed by atoms with Gasteiger partial charge >= 0.3 is 0 Å². The summed E-state index contributed by atoms with van der Waals surface area (Å²) in [6.07, 6.45) is 0.874. The van der Waals surface area contributed by atoms with E-state index < -0.39 is 5.91 Å². The zero-order valence-corrected chi connectivity index (χ0v) is 19.2. The fraction of sp³-hybridized carbons (Fsp3) is 0.120. The minimum absolute atomic E-state index is 0.207. The molecule has 0 aromatic heterocycles. The highest BCUT2D eigenvalue weighted by atomic mass is 35.5. The zero-order chi connectivity index (χ0) is 22.7. The summed E-state index contributed by atoms with van der Waals surface area (Å²) >= 11 is 7.22. The molecule has 0 unspecified atom stereocenters. The Morgan fingerprint density at radius 1 is 0.938 bits per heavy atom. The highest BCUT2D eigenvalue weighted by Crippen LogP contribution is 2.39. The maximum absolute atomic E-state index is 13.4. The van der Waals surface area contributed by atoms with E-state index in [9.17, 15) is 9.59 Å². The normalized spacial score (nSPS) is 13.7. The Labute approximate surface area is 196 Å². The molecule has 2 amide bonds. The molecule has 3 aromatic carbocycles. The van der Waals surface area contributed by atoms with Crippen LogP contribution in [0.25, 0.3) is 0 Å². The van der Waals surface area contributed by atoms with Crippen molar-refractivity contribution in [2.75, 3.05) is 17.3 Å². The number of imide groups is 1. The van der Waals surface area contributed by atoms with Gasteiger partial charge in [0.1, 0.15) is 16.4 Å². The molecule has 0 saturated heterocycles. The molecule has 0 bridgehead atoms. The Kier molecular flexibility index (Phi) is 6.53. The number of halogens is 1. The number of hydrogen-bond acceptors (Lipinski definition) is 5. The number of rotatable bonds is 7. The van der Waals surface area contributed by atoms with E-state index in [1.165, 1.54) is 16.7 Å². The number of hydrogen-bond donors (Lipinski definition) is 1. The van der Waals surface area contributed by atoms with E-state index in [2.05, 4.69) is 12.2 Å². The summed E-state index contributed by atoms with van der Waals surface area (Å²) in [5.74, 6) is -0.222. The number of carbonyl (C=O) groups excluding carboxylic acids is 2. The topological polar surface area (TPSA) is 58.6 Å². The van der Waals surface area contributed by atoms with Crippen molar-refractivity contribution in [1.29, 1.82) is 0 Å². The first-order valence-electron chi connectivity index (χ1n) is 10.1. The minimum Gasteiger partial charge on any atom is -0.495 e. The quantitative estimate of drug-likeness (QED) is 0.441. The number of para-hydroxylation sites is 2. The van der Waals surface area contributed by atoms with Crippen LogP contribution >= 0.6 is 23.4 Å². The maximum atomic E-state index is 13.4. The third-order valence-corrected chi connectivity index (χ3v) is 6.39. The fourth-order valence-corrected chi connectivity index (χ4v) is 4.39. The molecule has 4 rings (SSSR count). The van der Waals surface area contributed by atoms with Crippen LogP contribution in [0.15, 0.2) is 88.3 Å². The lowest BCUT2D eigenvalue weighted by molar-refractivity contribution is -0.120. The SMILES string of the molecule is CCc1ccc(N2C(=O)C(Nc3ccccc3OC)=C(Sc3ccc(Cl)cc3)C2=O)cc1. The van der Waals surface area contributed by atoms with E-state index in [4.69, 9.17) is 16.3 Å². The summed E-state index contributed by atoms with van der Waals surface area (Å²) in [6.45, 7) is 2.05. The van der Waals surface area contributed by atoms with Crippen molar-refractivity contribution in [3.63, 3.8) is 0 Å². The molecule has 1 aliphatic heterocycles. The highest BCUT2D eigenvalue weighted by molar-refractivity contribution is 8.04. The van der Waals surface area contributed by atoms with Gasteiger partial charge in [0.15, 0.2) is 0 Å².